The van der Waals surface area contributed by atoms with Gasteiger partial charge in [0.05, 0.1) is 12.5 Å². The molecule has 2 heterocycles. The van der Waals surface area contributed by atoms with E-state index in [0.717, 1.165) is 59.5 Å². The molecule has 0 radical (unpaired) electrons. The molecule has 1 unspecified atom stereocenters. The highest BCUT2D eigenvalue weighted by Crippen LogP contribution is 2.31. The Morgan fingerprint density at radius 2 is 1.97 bits per heavy atom. The molecule has 1 saturated heterocycles. The number of hydrogen-bond donors (Lipinski definition) is 3. The Labute approximate surface area is 188 Å². The molecule has 2 aromatic carbocycles. The summed E-state index contributed by atoms with van der Waals surface area (Å²) in [6.45, 7) is 2.74. The van der Waals surface area contributed by atoms with Gasteiger partial charge in [0.1, 0.15) is 0 Å². The van der Waals surface area contributed by atoms with Gasteiger partial charge in [-0.25, -0.2) is 0 Å². The Kier molecular flexibility index (Phi) is 8.63. The van der Waals surface area contributed by atoms with Crippen molar-refractivity contribution in [2.75, 3.05) is 26.3 Å². The highest BCUT2D eigenvalue weighted by atomic mass is 35.5. The van der Waals surface area contributed by atoms with Gasteiger partial charge in [-0.1, -0.05) is 41.9 Å². The number of H-pyrrole nitrogens is 1. The first kappa shape index (κ1) is 22.7. The van der Waals surface area contributed by atoms with Gasteiger partial charge in [-0.15, -0.1) is 12.8 Å². The van der Waals surface area contributed by atoms with Crippen LogP contribution in [0, 0.1) is 0 Å². The number of halogens is 1. The zero-order valence-electron chi connectivity index (χ0n) is 16.9. The molecular weight excluding hydrogens is 418 g/mol. The first-order chi connectivity index (χ1) is 14.7. The Morgan fingerprint density at radius 3 is 2.80 bits per heavy atom. The zero-order chi connectivity index (χ0) is 21.3. The molecule has 1 aromatic heterocycles. The van der Waals surface area contributed by atoms with Crippen molar-refractivity contribution >= 4 is 41.2 Å². The second-order valence-electron chi connectivity index (χ2n) is 7.26. The number of aromatic nitrogens is 1. The van der Waals surface area contributed by atoms with E-state index in [2.05, 4.69) is 35.1 Å². The third kappa shape index (κ3) is 5.38. The van der Waals surface area contributed by atoms with Crippen LogP contribution in [0.3, 0.4) is 0 Å². The van der Waals surface area contributed by atoms with Crippen LogP contribution in [0.25, 0.3) is 10.9 Å². The van der Waals surface area contributed by atoms with Gasteiger partial charge >= 0.3 is 0 Å². The molecule has 5 nitrogen and oxygen atoms in total. The lowest BCUT2D eigenvalue weighted by Gasteiger charge is -2.26. The summed E-state index contributed by atoms with van der Waals surface area (Å²) in [4.78, 5) is 18.8. The molecule has 1 amide bonds. The van der Waals surface area contributed by atoms with Crippen LogP contribution in [0.4, 0.5) is 0 Å². The lowest BCUT2D eigenvalue weighted by atomic mass is 9.89. The van der Waals surface area contributed by atoms with Crippen molar-refractivity contribution < 1.29 is 9.53 Å². The summed E-state index contributed by atoms with van der Waals surface area (Å²) in [6.07, 6.45) is 4.31. The van der Waals surface area contributed by atoms with E-state index in [1.54, 1.807) is 0 Å². The quantitative estimate of drug-likeness (QED) is 0.503. The largest absolute Gasteiger partial charge is 0.380 e. The summed E-state index contributed by atoms with van der Waals surface area (Å²) < 4.78 is 5.55. The number of amides is 1. The average Bonchev–Trinajstić information content (AvgIpc) is 3.10. The van der Waals surface area contributed by atoms with Gasteiger partial charge in [0.15, 0.2) is 0 Å². The van der Waals surface area contributed by atoms with Crippen LogP contribution in [-0.2, 0) is 16.0 Å². The first-order valence-corrected chi connectivity index (χ1v) is 11.1. The normalized spacial score (nSPS) is 15.2. The molecule has 7 heteroatoms. The number of aromatic amines is 1. The van der Waals surface area contributed by atoms with Gasteiger partial charge in [0.2, 0.25) is 5.91 Å². The lowest BCUT2D eigenvalue weighted by molar-refractivity contribution is -0.133. The highest BCUT2D eigenvalue weighted by molar-refractivity contribution is 7.77. The number of carbonyl (C=O) groups excluding carboxylic acids is 1. The summed E-state index contributed by atoms with van der Waals surface area (Å²) >= 11 is 9.39. The van der Waals surface area contributed by atoms with E-state index in [9.17, 15) is 4.79 Å². The molecule has 160 valence electrons. The first-order valence-electron chi connectivity index (χ1n) is 10.2. The molecule has 30 heavy (non-hydrogen) atoms. The Balaban J connectivity index is 0.00000124. The predicted octanol–water partition coefficient (Wildman–Crippen LogP) is 4.58. The average molecular weight is 446 g/mol. The minimum absolute atomic E-state index is 0.186. The van der Waals surface area contributed by atoms with Crippen molar-refractivity contribution in [1.82, 2.24) is 9.88 Å². The molecule has 3 aromatic rings. The minimum atomic E-state index is -0.200. The zero-order valence-corrected chi connectivity index (χ0v) is 18.5. The standard InChI is InChI=1S/C23H25ClN2O2.H3NS/c24-21-7-2-1-5-17(21)9-10-20(23(27)26-13-4-15-28-16-14-26)18-6-3-8-22-19(18)11-12-25-22;1-2/h1-3,5-8,11-12,20,25H,4,9-10,13-16H2;2H,1H2. The third-order valence-electron chi connectivity index (χ3n) is 5.50. The van der Waals surface area contributed by atoms with E-state index in [1.807, 2.05) is 47.5 Å². The van der Waals surface area contributed by atoms with Crippen LogP contribution in [-0.4, -0.2) is 42.1 Å². The highest BCUT2D eigenvalue weighted by Gasteiger charge is 2.28. The Bertz CT molecular complexity index is 954. The van der Waals surface area contributed by atoms with Gasteiger partial charge in [0.25, 0.3) is 0 Å². The van der Waals surface area contributed by atoms with E-state index in [4.69, 9.17) is 16.3 Å². The lowest BCUT2D eigenvalue weighted by Crippen LogP contribution is -2.37. The van der Waals surface area contributed by atoms with Gasteiger partial charge in [-0.05, 0) is 48.6 Å². The van der Waals surface area contributed by atoms with Crippen molar-refractivity contribution in [3.8, 4) is 0 Å². The second kappa shape index (κ2) is 11.4. The predicted molar refractivity (Wildman–Crippen MR) is 126 cm³/mol. The van der Waals surface area contributed by atoms with Crippen molar-refractivity contribution in [2.45, 2.75) is 25.2 Å². The molecular formula is C23H28ClN3O2S. The van der Waals surface area contributed by atoms with Gasteiger partial charge in [-0.3, -0.25) is 9.93 Å². The SMILES string of the molecule is NS.O=C(C(CCc1ccccc1Cl)c1cccc2[nH]ccc12)N1CCCOCC1. The molecule has 0 saturated carbocycles. The molecule has 0 spiro atoms. The van der Waals surface area contributed by atoms with E-state index < -0.39 is 0 Å². The Morgan fingerprint density at radius 1 is 1.13 bits per heavy atom. The van der Waals surface area contributed by atoms with Crippen LogP contribution < -0.4 is 5.14 Å². The van der Waals surface area contributed by atoms with E-state index in [-0.39, 0.29) is 11.8 Å². The summed E-state index contributed by atoms with van der Waals surface area (Å²) in [5.74, 6) is -0.0138. The van der Waals surface area contributed by atoms with Gasteiger partial charge < -0.3 is 14.6 Å². The smallest absolute Gasteiger partial charge is 0.230 e. The van der Waals surface area contributed by atoms with Crippen molar-refractivity contribution in [2.24, 2.45) is 5.14 Å². The molecule has 0 aliphatic carbocycles. The maximum Gasteiger partial charge on any atom is 0.230 e. The van der Waals surface area contributed by atoms with Gasteiger partial charge in [-0.2, -0.15) is 0 Å². The topological polar surface area (TPSA) is 71.4 Å². The number of thiol groups is 1. The fraction of sp³-hybridized carbons (Fsp3) is 0.348. The van der Waals surface area contributed by atoms with Crippen LogP contribution in [0.2, 0.25) is 5.02 Å². The number of nitrogens with zero attached hydrogens (tertiary/aromatic N) is 1. The fourth-order valence-corrected chi connectivity index (χ4v) is 4.24. The minimum Gasteiger partial charge on any atom is -0.380 e. The Hall–Kier alpha value is -1.99. The molecule has 1 aliphatic rings. The molecule has 3 N–H and O–H groups in total. The number of rotatable bonds is 5. The summed E-state index contributed by atoms with van der Waals surface area (Å²) in [5.41, 5.74) is 3.23. The fourth-order valence-electron chi connectivity index (χ4n) is 4.01. The van der Waals surface area contributed by atoms with Crippen LogP contribution in [0.15, 0.2) is 54.7 Å². The summed E-state index contributed by atoms with van der Waals surface area (Å²) in [7, 11) is 0. The van der Waals surface area contributed by atoms with Crippen molar-refractivity contribution in [3.05, 3.63) is 70.9 Å². The number of nitrogens with one attached hydrogen (secondary N) is 1. The second-order valence-corrected chi connectivity index (χ2v) is 7.67. The monoisotopic (exact) mass is 445 g/mol. The third-order valence-corrected chi connectivity index (χ3v) is 5.87. The molecule has 1 atom stereocenters. The van der Waals surface area contributed by atoms with E-state index in [1.165, 1.54) is 0 Å². The number of carbonyl (C=O) groups is 1. The number of aryl methyl sites for hydroxylation is 1. The van der Waals surface area contributed by atoms with Crippen LogP contribution in [0.1, 0.15) is 29.9 Å². The van der Waals surface area contributed by atoms with Crippen LogP contribution in [0.5, 0.6) is 0 Å². The maximum absolute atomic E-state index is 13.6. The van der Waals surface area contributed by atoms with Crippen molar-refractivity contribution in [1.29, 1.82) is 0 Å². The number of ether oxygens (including phenoxy) is 1. The molecule has 4 rings (SSSR count). The summed E-state index contributed by atoms with van der Waals surface area (Å²) in [5, 5.41) is 6.07. The van der Waals surface area contributed by atoms with E-state index >= 15 is 0 Å². The number of fused-ring (bicyclic) bond motifs is 1. The number of hydrogen-bond acceptors (Lipinski definition) is 4. The number of nitrogens with two attached hydrogens (primary N) is 1. The molecule has 1 aliphatic heterocycles. The van der Waals surface area contributed by atoms with Gasteiger partial charge in [0, 0.05) is 41.8 Å². The van der Waals surface area contributed by atoms with Crippen molar-refractivity contribution in [3.63, 3.8) is 0 Å². The maximum atomic E-state index is 13.6. The van der Waals surface area contributed by atoms with E-state index in [0.29, 0.717) is 13.2 Å². The number of benzene rings is 2. The molecule has 1 fully saturated rings. The molecule has 0 bridgehead atoms. The van der Waals surface area contributed by atoms with Crippen LogP contribution >= 0.6 is 24.4 Å². The summed E-state index contributed by atoms with van der Waals surface area (Å²) in [6, 6.07) is 16.1.